The summed E-state index contributed by atoms with van der Waals surface area (Å²) in [4.78, 5) is 4.50. The fourth-order valence-corrected chi connectivity index (χ4v) is 3.01. The van der Waals surface area contributed by atoms with Crippen LogP contribution in [0, 0.1) is 0 Å². The van der Waals surface area contributed by atoms with Crippen molar-refractivity contribution in [1.29, 1.82) is 0 Å². The molecule has 3 rings (SSSR count). The SMILES string of the molecule is CC(C)n1ncc2nc(Br)cc(NC3CCOCC3)c21. The van der Waals surface area contributed by atoms with Crippen LogP contribution in [-0.4, -0.2) is 34.0 Å². The molecular formula is C14H19BrN4O. The number of pyridine rings is 1. The third-order valence-electron chi connectivity index (χ3n) is 3.59. The van der Waals surface area contributed by atoms with Gasteiger partial charge in [0.2, 0.25) is 0 Å². The minimum atomic E-state index is 0.311. The number of rotatable bonds is 3. The second-order valence-electron chi connectivity index (χ2n) is 5.44. The predicted molar refractivity (Wildman–Crippen MR) is 83.1 cm³/mol. The van der Waals surface area contributed by atoms with E-state index < -0.39 is 0 Å². The highest BCUT2D eigenvalue weighted by Gasteiger charge is 2.18. The lowest BCUT2D eigenvalue weighted by atomic mass is 10.1. The first-order valence-electron chi connectivity index (χ1n) is 7.03. The maximum Gasteiger partial charge on any atom is 0.112 e. The summed E-state index contributed by atoms with van der Waals surface area (Å²) < 4.78 is 8.28. The van der Waals surface area contributed by atoms with E-state index in [4.69, 9.17) is 4.74 Å². The zero-order valence-corrected chi connectivity index (χ0v) is 13.4. The molecule has 0 unspecified atom stereocenters. The van der Waals surface area contributed by atoms with E-state index in [0.29, 0.717) is 12.1 Å². The van der Waals surface area contributed by atoms with Gasteiger partial charge in [0.25, 0.3) is 0 Å². The molecule has 1 aliphatic rings. The van der Waals surface area contributed by atoms with Crippen molar-refractivity contribution >= 4 is 32.7 Å². The number of nitrogens with one attached hydrogen (secondary N) is 1. The summed E-state index contributed by atoms with van der Waals surface area (Å²) in [5, 5.41) is 8.09. The highest BCUT2D eigenvalue weighted by Crippen LogP contribution is 2.29. The monoisotopic (exact) mass is 338 g/mol. The van der Waals surface area contributed by atoms with Gasteiger partial charge < -0.3 is 10.1 Å². The predicted octanol–water partition coefficient (Wildman–Crippen LogP) is 3.37. The summed E-state index contributed by atoms with van der Waals surface area (Å²) in [6.45, 7) is 5.92. The van der Waals surface area contributed by atoms with Crippen LogP contribution in [0.15, 0.2) is 16.9 Å². The number of hydrogen-bond acceptors (Lipinski definition) is 4. The third kappa shape index (κ3) is 2.67. The van der Waals surface area contributed by atoms with Gasteiger partial charge in [0.1, 0.15) is 15.6 Å². The lowest BCUT2D eigenvalue weighted by Crippen LogP contribution is -2.28. The van der Waals surface area contributed by atoms with Gasteiger partial charge in [-0.3, -0.25) is 4.68 Å². The summed E-state index contributed by atoms with van der Waals surface area (Å²) in [6, 6.07) is 2.81. The van der Waals surface area contributed by atoms with Crippen LogP contribution in [0.1, 0.15) is 32.7 Å². The van der Waals surface area contributed by atoms with Gasteiger partial charge in [-0.05, 0) is 48.7 Å². The zero-order chi connectivity index (χ0) is 14.1. The first-order chi connectivity index (χ1) is 9.65. The summed E-state index contributed by atoms with van der Waals surface area (Å²) in [5.74, 6) is 0. The van der Waals surface area contributed by atoms with Crippen molar-refractivity contribution in [2.45, 2.75) is 38.8 Å². The van der Waals surface area contributed by atoms with Crippen LogP contribution >= 0.6 is 15.9 Å². The molecule has 1 saturated heterocycles. The quantitative estimate of drug-likeness (QED) is 0.871. The lowest BCUT2D eigenvalue weighted by molar-refractivity contribution is 0.0905. The number of ether oxygens (including phenoxy) is 1. The molecule has 0 atom stereocenters. The first-order valence-corrected chi connectivity index (χ1v) is 7.82. The number of halogens is 1. The van der Waals surface area contributed by atoms with Gasteiger partial charge in [-0.25, -0.2) is 4.98 Å². The van der Waals surface area contributed by atoms with Crippen molar-refractivity contribution < 1.29 is 4.74 Å². The van der Waals surface area contributed by atoms with E-state index in [1.165, 1.54) is 0 Å². The molecule has 1 N–H and O–H groups in total. The van der Waals surface area contributed by atoms with Crippen LogP contribution < -0.4 is 5.32 Å². The molecule has 20 heavy (non-hydrogen) atoms. The Hall–Kier alpha value is -1.14. The van der Waals surface area contributed by atoms with Gasteiger partial charge in [-0.1, -0.05) is 0 Å². The van der Waals surface area contributed by atoms with Gasteiger partial charge in [0.15, 0.2) is 0 Å². The fraction of sp³-hybridized carbons (Fsp3) is 0.571. The molecule has 0 aliphatic carbocycles. The molecule has 0 amide bonds. The maximum atomic E-state index is 5.42. The Balaban J connectivity index is 2.00. The second-order valence-corrected chi connectivity index (χ2v) is 6.25. The molecule has 1 aliphatic heterocycles. The minimum Gasteiger partial charge on any atom is -0.381 e. The zero-order valence-electron chi connectivity index (χ0n) is 11.8. The number of hydrogen-bond donors (Lipinski definition) is 1. The Morgan fingerprint density at radius 3 is 2.85 bits per heavy atom. The van der Waals surface area contributed by atoms with Crippen LogP contribution in [0.4, 0.5) is 5.69 Å². The molecule has 3 heterocycles. The van der Waals surface area contributed by atoms with Crippen LogP contribution in [0.2, 0.25) is 0 Å². The topological polar surface area (TPSA) is 52.0 Å². The van der Waals surface area contributed by atoms with Crippen LogP contribution in [0.25, 0.3) is 11.0 Å². The number of aromatic nitrogens is 3. The summed E-state index contributed by atoms with van der Waals surface area (Å²) >= 11 is 3.48. The van der Waals surface area contributed by atoms with Crippen LogP contribution in [-0.2, 0) is 4.74 Å². The smallest absolute Gasteiger partial charge is 0.112 e. The summed E-state index contributed by atoms with van der Waals surface area (Å²) in [6.07, 6.45) is 3.91. The summed E-state index contributed by atoms with van der Waals surface area (Å²) in [7, 11) is 0. The molecule has 0 saturated carbocycles. The molecule has 0 radical (unpaired) electrons. The Labute approximate surface area is 126 Å². The molecule has 108 valence electrons. The molecule has 1 fully saturated rings. The molecule has 6 heteroatoms. The lowest BCUT2D eigenvalue weighted by Gasteiger charge is -2.25. The second kappa shape index (κ2) is 5.69. The average molecular weight is 339 g/mol. The van der Waals surface area contributed by atoms with E-state index >= 15 is 0 Å². The number of nitrogens with zero attached hydrogens (tertiary/aromatic N) is 3. The van der Waals surface area contributed by atoms with E-state index in [2.05, 4.69) is 45.2 Å². The average Bonchev–Trinajstić information content (AvgIpc) is 2.83. The van der Waals surface area contributed by atoms with E-state index in [-0.39, 0.29) is 0 Å². The number of fused-ring (bicyclic) bond motifs is 1. The van der Waals surface area contributed by atoms with Crippen molar-refractivity contribution in [1.82, 2.24) is 14.8 Å². The van der Waals surface area contributed by atoms with Crippen molar-refractivity contribution in [3.63, 3.8) is 0 Å². The third-order valence-corrected chi connectivity index (χ3v) is 4.00. The van der Waals surface area contributed by atoms with E-state index in [0.717, 1.165) is 47.4 Å². The van der Waals surface area contributed by atoms with Crippen LogP contribution in [0.5, 0.6) is 0 Å². The Kier molecular flexibility index (Phi) is 3.94. The van der Waals surface area contributed by atoms with Crippen molar-refractivity contribution in [2.24, 2.45) is 0 Å². The molecule has 0 aromatic carbocycles. The first kappa shape index (κ1) is 13.8. The highest BCUT2D eigenvalue weighted by atomic mass is 79.9. The van der Waals surface area contributed by atoms with E-state index in [1.54, 1.807) is 0 Å². The molecule has 2 aromatic heterocycles. The number of anilines is 1. The fourth-order valence-electron chi connectivity index (χ4n) is 2.59. The molecule has 0 bridgehead atoms. The minimum absolute atomic E-state index is 0.311. The maximum absolute atomic E-state index is 5.42. The molecule has 0 spiro atoms. The van der Waals surface area contributed by atoms with E-state index in [1.807, 2.05) is 16.9 Å². The van der Waals surface area contributed by atoms with Gasteiger partial charge in [0.05, 0.1) is 11.9 Å². The van der Waals surface area contributed by atoms with Crippen LogP contribution in [0.3, 0.4) is 0 Å². The largest absolute Gasteiger partial charge is 0.381 e. The summed E-state index contributed by atoms with van der Waals surface area (Å²) in [5.41, 5.74) is 3.09. The van der Waals surface area contributed by atoms with Crippen molar-refractivity contribution in [3.05, 3.63) is 16.9 Å². The Morgan fingerprint density at radius 2 is 2.15 bits per heavy atom. The van der Waals surface area contributed by atoms with Gasteiger partial charge in [-0.15, -0.1) is 0 Å². The normalized spacial score (nSPS) is 17.0. The van der Waals surface area contributed by atoms with Gasteiger partial charge in [0, 0.05) is 25.3 Å². The van der Waals surface area contributed by atoms with Gasteiger partial charge >= 0.3 is 0 Å². The Morgan fingerprint density at radius 1 is 1.40 bits per heavy atom. The molecule has 2 aromatic rings. The van der Waals surface area contributed by atoms with E-state index in [9.17, 15) is 0 Å². The van der Waals surface area contributed by atoms with Gasteiger partial charge in [-0.2, -0.15) is 5.10 Å². The van der Waals surface area contributed by atoms with Crippen molar-refractivity contribution in [3.8, 4) is 0 Å². The Bertz CT molecular complexity index is 604. The highest BCUT2D eigenvalue weighted by molar-refractivity contribution is 9.10. The molecule has 5 nitrogen and oxygen atoms in total. The van der Waals surface area contributed by atoms with Crippen molar-refractivity contribution in [2.75, 3.05) is 18.5 Å². The molecular weight excluding hydrogens is 320 g/mol. The standard InChI is InChI=1S/C14H19BrN4O/c1-9(2)19-14-11(17-10-3-5-20-6-4-10)7-13(15)18-12(14)8-16-19/h7-10H,3-6H2,1-2H3,(H,17,18).